The molecule has 1 aromatic carbocycles. The van der Waals surface area contributed by atoms with Crippen LogP contribution in [0.3, 0.4) is 0 Å². The van der Waals surface area contributed by atoms with Crippen LogP contribution < -0.4 is 5.32 Å². The Morgan fingerprint density at radius 1 is 1.33 bits per heavy atom. The first kappa shape index (κ1) is 16.1. The molecular formula is C16H19N5O3. The van der Waals surface area contributed by atoms with E-state index in [0.717, 1.165) is 5.56 Å². The molecule has 2 N–H and O–H groups in total. The number of rotatable bonds is 5. The predicted molar refractivity (Wildman–Crippen MR) is 86.0 cm³/mol. The summed E-state index contributed by atoms with van der Waals surface area (Å²) in [5.41, 5.74) is 1.47. The molecular weight excluding hydrogens is 310 g/mol. The maximum absolute atomic E-state index is 12.4. The summed E-state index contributed by atoms with van der Waals surface area (Å²) in [5, 5.41) is 23.5. The third kappa shape index (κ3) is 3.27. The summed E-state index contributed by atoms with van der Waals surface area (Å²) >= 11 is 0. The quantitative estimate of drug-likeness (QED) is 0.865. The van der Waals surface area contributed by atoms with Crippen molar-refractivity contribution >= 4 is 17.6 Å². The standard InChI is InChI=1S/C16H19N5O3/c1-2-21-14(18-19-20-21)10-4-3-5-13(9-10)17-15(22)11-6-7-12(8-11)16(23)24/h3-5,9,11-12H,2,6-8H2,1H3,(H,17,22)(H,23,24)/t11-,12+/m1/s1. The Hall–Kier alpha value is -2.77. The molecule has 3 rings (SSSR count). The normalized spacial score (nSPS) is 20.0. The van der Waals surface area contributed by atoms with Gasteiger partial charge in [-0.15, -0.1) is 5.10 Å². The molecule has 1 aliphatic rings. The fraction of sp³-hybridized carbons (Fsp3) is 0.438. The van der Waals surface area contributed by atoms with Crippen LogP contribution in [0, 0.1) is 11.8 Å². The Morgan fingerprint density at radius 3 is 2.83 bits per heavy atom. The zero-order valence-electron chi connectivity index (χ0n) is 13.3. The molecule has 0 spiro atoms. The maximum atomic E-state index is 12.4. The van der Waals surface area contributed by atoms with Crippen molar-refractivity contribution in [3.05, 3.63) is 24.3 Å². The van der Waals surface area contributed by atoms with Gasteiger partial charge in [-0.05, 0) is 48.7 Å². The summed E-state index contributed by atoms with van der Waals surface area (Å²) in [6.07, 6.45) is 1.56. The first-order chi connectivity index (χ1) is 11.6. The summed E-state index contributed by atoms with van der Waals surface area (Å²) in [7, 11) is 0. The SMILES string of the molecule is CCn1nnnc1-c1cccc(NC(=O)[C@@H]2CC[C@H](C(=O)O)C2)c1. The van der Waals surface area contributed by atoms with Crippen molar-refractivity contribution in [1.29, 1.82) is 0 Å². The van der Waals surface area contributed by atoms with Gasteiger partial charge < -0.3 is 10.4 Å². The van der Waals surface area contributed by atoms with Gasteiger partial charge in [0.2, 0.25) is 5.91 Å². The molecule has 1 aliphatic carbocycles. The smallest absolute Gasteiger partial charge is 0.306 e. The molecule has 1 fully saturated rings. The van der Waals surface area contributed by atoms with Crippen molar-refractivity contribution in [1.82, 2.24) is 20.2 Å². The topological polar surface area (TPSA) is 110 Å². The zero-order valence-corrected chi connectivity index (χ0v) is 13.3. The van der Waals surface area contributed by atoms with Gasteiger partial charge in [0.25, 0.3) is 0 Å². The van der Waals surface area contributed by atoms with Gasteiger partial charge in [-0.2, -0.15) is 0 Å². The van der Waals surface area contributed by atoms with Crippen molar-refractivity contribution < 1.29 is 14.7 Å². The summed E-state index contributed by atoms with van der Waals surface area (Å²) in [5.74, 6) is -0.984. The van der Waals surface area contributed by atoms with Gasteiger partial charge in [0.15, 0.2) is 5.82 Å². The van der Waals surface area contributed by atoms with Gasteiger partial charge in [-0.25, -0.2) is 4.68 Å². The molecule has 2 aromatic rings. The van der Waals surface area contributed by atoms with Crippen LogP contribution >= 0.6 is 0 Å². The van der Waals surface area contributed by atoms with Gasteiger partial charge >= 0.3 is 5.97 Å². The second kappa shape index (κ2) is 6.77. The Morgan fingerprint density at radius 2 is 2.12 bits per heavy atom. The zero-order chi connectivity index (χ0) is 17.1. The Kier molecular flexibility index (Phi) is 4.54. The fourth-order valence-corrected chi connectivity index (χ4v) is 3.05. The molecule has 126 valence electrons. The largest absolute Gasteiger partial charge is 0.481 e. The average Bonchev–Trinajstić information content (AvgIpc) is 3.24. The number of carboxylic acid groups (broad SMARTS) is 1. The highest BCUT2D eigenvalue weighted by atomic mass is 16.4. The van der Waals surface area contributed by atoms with E-state index in [1.54, 1.807) is 10.7 Å². The van der Waals surface area contributed by atoms with Crippen molar-refractivity contribution in [2.24, 2.45) is 11.8 Å². The molecule has 1 amide bonds. The van der Waals surface area contributed by atoms with E-state index in [9.17, 15) is 9.59 Å². The Balaban J connectivity index is 1.71. The number of carbonyl (C=O) groups excluding carboxylic acids is 1. The lowest BCUT2D eigenvalue weighted by Gasteiger charge is -2.11. The highest BCUT2D eigenvalue weighted by molar-refractivity contribution is 5.93. The molecule has 0 saturated heterocycles. The van der Waals surface area contributed by atoms with E-state index in [1.165, 1.54) is 0 Å². The van der Waals surface area contributed by atoms with Crippen LogP contribution in [0.15, 0.2) is 24.3 Å². The van der Waals surface area contributed by atoms with E-state index in [0.29, 0.717) is 37.3 Å². The van der Waals surface area contributed by atoms with E-state index >= 15 is 0 Å². The number of anilines is 1. The highest BCUT2D eigenvalue weighted by Gasteiger charge is 2.33. The second-order valence-corrected chi connectivity index (χ2v) is 5.93. The number of nitrogens with one attached hydrogen (secondary N) is 1. The summed E-state index contributed by atoms with van der Waals surface area (Å²) in [6, 6.07) is 7.32. The van der Waals surface area contributed by atoms with E-state index in [-0.39, 0.29) is 11.8 Å². The third-order valence-corrected chi connectivity index (χ3v) is 4.37. The molecule has 0 unspecified atom stereocenters. The summed E-state index contributed by atoms with van der Waals surface area (Å²) in [6.45, 7) is 2.60. The monoisotopic (exact) mass is 329 g/mol. The van der Waals surface area contributed by atoms with E-state index in [1.807, 2.05) is 25.1 Å². The van der Waals surface area contributed by atoms with Gasteiger partial charge in [-0.1, -0.05) is 12.1 Å². The molecule has 0 bridgehead atoms. The number of benzene rings is 1. The minimum Gasteiger partial charge on any atom is -0.481 e. The molecule has 1 aromatic heterocycles. The third-order valence-electron chi connectivity index (χ3n) is 4.37. The fourth-order valence-electron chi connectivity index (χ4n) is 3.05. The number of hydrogen-bond acceptors (Lipinski definition) is 5. The number of carboxylic acids is 1. The van der Waals surface area contributed by atoms with Gasteiger partial charge in [0.1, 0.15) is 0 Å². The number of tetrazole rings is 1. The van der Waals surface area contributed by atoms with Crippen LogP contribution in [0.4, 0.5) is 5.69 Å². The lowest BCUT2D eigenvalue weighted by atomic mass is 10.0. The number of amides is 1. The van der Waals surface area contributed by atoms with Crippen molar-refractivity contribution in [3.8, 4) is 11.4 Å². The molecule has 24 heavy (non-hydrogen) atoms. The minimum atomic E-state index is -0.821. The Bertz CT molecular complexity index is 758. The maximum Gasteiger partial charge on any atom is 0.306 e. The number of aliphatic carboxylic acids is 1. The molecule has 0 aliphatic heterocycles. The molecule has 1 saturated carbocycles. The Labute approximate surface area is 138 Å². The molecule has 8 nitrogen and oxygen atoms in total. The van der Waals surface area contributed by atoms with E-state index in [2.05, 4.69) is 20.8 Å². The number of nitrogens with zero attached hydrogens (tertiary/aromatic N) is 4. The van der Waals surface area contributed by atoms with Crippen molar-refractivity contribution in [2.75, 3.05) is 5.32 Å². The van der Waals surface area contributed by atoms with E-state index in [4.69, 9.17) is 5.11 Å². The van der Waals surface area contributed by atoms with Gasteiger partial charge in [0.05, 0.1) is 5.92 Å². The van der Waals surface area contributed by atoms with Crippen molar-refractivity contribution in [3.63, 3.8) is 0 Å². The van der Waals surface area contributed by atoms with Crippen LogP contribution in [0.25, 0.3) is 11.4 Å². The highest BCUT2D eigenvalue weighted by Crippen LogP contribution is 2.32. The van der Waals surface area contributed by atoms with Crippen LogP contribution in [0.1, 0.15) is 26.2 Å². The molecule has 8 heteroatoms. The second-order valence-electron chi connectivity index (χ2n) is 5.93. The first-order valence-electron chi connectivity index (χ1n) is 7.98. The van der Waals surface area contributed by atoms with Gasteiger partial charge in [0, 0.05) is 23.7 Å². The van der Waals surface area contributed by atoms with Crippen molar-refractivity contribution in [2.45, 2.75) is 32.7 Å². The minimum absolute atomic E-state index is 0.133. The average molecular weight is 329 g/mol. The van der Waals surface area contributed by atoms with Crippen LogP contribution in [0.2, 0.25) is 0 Å². The van der Waals surface area contributed by atoms with Crippen LogP contribution in [-0.2, 0) is 16.1 Å². The summed E-state index contributed by atoms with van der Waals surface area (Å²) < 4.78 is 1.68. The summed E-state index contributed by atoms with van der Waals surface area (Å²) in [4.78, 5) is 23.4. The number of aryl methyl sites for hydroxylation is 1. The van der Waals surface area contributed by atoms with Crippen LogP contribution in [-0.4, -0.2) is 37.2 Å². The first-order valence-corrected chi connectivity index (χ1v) is 7.98. The van der Waals surface area contributed by atoms with E-state index < -0.39 is 11.9 Å². The lowest BCUT2D eigenvalue weighted by Crippen LogP contribution is -2.21. The predicted octanol–water partition coefficient (Wildman–Crippen LogP) is 1.80. The lowest BCUT2D eigenvalue weighted by molar-refractivity contribution is -0.141. The number of carbonyl (C=O) groups is 2. The van der Waals surface area contributed by atoms with Gasteiger partial charge in [-0.3, -0.25) is 9.59 Å². The molecule has 0 radical (unpaired) electrons. The number of hydrogen-bond donors (Lipinski definition) is 2. The molecule has 1 heterocycles. The number of aromatic nitrogens is 4. The van der Waals surface area contributed by atoms with Crippen LogP contribution in [0.5, 0.6) is 0 Å². The molecule has 2 atom stereocenters.